The molecule has 1 atom stereocenters. The van der Waals surface area contributed by atoms with Crippen LogP contribution in [-0.4, -0.2) is 55.4 Å². The van der Waals surface area contributed by atoms with Crippen LogP contribution in [-0.2, 0) is 6.54 Å². The summed E-state index contributed by atoms with van der Waals surface area (Å²) in [7, 11) is 0. The molecule has 0 spiro atoms. The molecule has 0 aliphatic carbocycles. The van der Waals surface area contributed by atoms with Gasteiger partial charge in [0, 0.05) is 42.6 Å². The molecule has 10 nitrogen and oxygen atoms in total. The van der Waals surface area contributed by atoms with Crippen molar-refractivity contribution < 1.29 is 23.1 Å². The van der Waals surface area contributed by atoms with Crippen molar-refractivity contribution in [1.82, 2.24) is 24.8 Å². The third-order valence-electron chi connectivity index (χ3n) is 8.67. The number of nitrogens with zero attached hydrogens (tertiary/aromatic N) is 6. The fraction of sp³-hybridized carbons (Fsp3) is 0.222. The molecular weight excluding hydrogens is 616 g/mol. The Morgan fingerprint density at radius 3 is 2.56 bits per heavy atom. The molecule has 3 aromatic heterocycles. The number of likely N-dealkylation sites (tertiary alicyclic amines) is 1. The Morgan fingerprint density at radius 2 is 1.83 bits per heavy atom. The number of benzene rings is 3. The Balaban J connectivity index is 1.25. The van der Waals surface area contributed by atoms with Crippen molar-refractivity contribution in [2.24, 2.45) is 0 Å². The number of hydrogen-bond acceptors (Lipinski definition) is 10. The molecule has 12 heteroatoms. The normalized spacial score (nSPS) is 15.0. The minimum Gasteiger partial charge on any atom is -0.435 e. The third kappa shape index (κ3) is 5.74. The summed E-state index contributed by atoms with van der Waals surface area (Å²) < 4.78 is 34.0. The number of pyridine rings is 1. The monoisotopic (exact) mass is 645 g/mol. The van der Waals surface area contributed by atoms with Gasteiger partial charge in [0.1, 0.15) is 23.4 Å². The first-order valence-electron chi connectivity index (χ1n) is 15.3. The molecule has 1 fully saturated rings. The van der Waals surface area contributed by atoms with Crippen molar-refractivity contribution in [2.45, 2.75) is 39.3 Å². The molecule has 3 aromatic carbocycles. The van der Waals surface area contributed by atoms with E-state index in [2.05, 4.69) is 36.2 Å². The summed E-state index contributed by atoms with van der Waals surface area (Å²) in [5, 5.41) is 22.7. The lowest BCUT2D eigenvalue weighted by Crippen LogP contribution is -2.21. The van der Waals surface area contributed by atoms with E-state index in [4.69, 9.17) is 4.42 Å². The molecular formula is C36H29F2N7O3. The van der Waals surface area contributed by atoms with E-state index >= 15 is 0 Å². The fourth-order valence-electron chi connectivity index (χ4n) is 6.23. The summed E-state index contributed by atoms with van der Waals surface area (Å²) in [5.74, 6) is -0.121. The zero-order chi connectivity index (χ0) is 33.5. The summed E-state index contributed by atoms with van der Waals surface area (Å²) in [4.78, 5) is 30.9. The first kappa shape index (κ1) is 31.0. The average molecular weight is 646 g/mol. The van der Waals surface area contributed by atoms with Gasteiger partial charge in [-0.2, -0.15) is 5.26 Å². The first-order chi connectivity index (χ1) is 23.2. The molecule has 0 bridgehead atoms. The first-order valence-corrected chi connectivity index (χ1v) is 15.3. The summed E-state index contributed by atoms with van der Waals surface area (Å²) in [5.41, 5.74) is 7.58. The zero-order valence-corrected chi connectivity index (χ0v) is 26.0. The largest absolute Gasteiger partial charge is 0.435 e. The lowest BCUT2D eigenvalue weighted by Gasteiger charge is -2.17. The number of carbonyl (C=O) groups excluding carboxylic acids is 1. The molecule has 1 saturated heterocycles. The van der Waals surface area contributed by atoms with Gasteiger partial charge in [-0.1, -0.05) is 24.3 Å². The number of alkyl halides is 2. The van der Waals surface area contributed by atoms with Crippen molar-refractivity contribution in [3.8, 4) is 28.7 Å². The number of aromatic nitrogens is 4. The highest BCUT2D eigenvalue weighted by molar-refractivity contribution is 5.91. The Hall–Kier alpha value is -5.64. The quantitative estimate of drug-likeness (QED) is 0.165. The van der Waals surface area contributed by atoms with Crippen molar-refractivity contribution in [2.75, 3.05) is 18.4 Å². The highest BCUT2D eigenvalue weighted by Gasteiger charge is 2.22. The van der Waals surface area contributed by atoms with Crippen molar-refractivity contribution in [1.29, 1.82) is 5.26 Å². The molecule has 0 amide bonds. The van der Waals surface area contributed by atoms with Crippen molar-refractivity contribution in [3.05, 3.63) is 94.4 Å². The van der Waals surface area contributed by atoms with Crippen molar-refractivity contribution >= 4 is 39.9 Å². The van der Waals surface area contributed by atoms with E-state index in [0.29, 0.717) is 70.6 Å². The third-order valence-corrected chi connectivity index (χ3v) is 8.67. The number of nitriles is 1. The average Bonchev–Trinajstić information content (AvgIpc) is 3.70. The summed E-state index contributed by atoms with van der Waals surface area (Å²) in [6.45, 7) is 5.69. The molecule has 1 aliphatic heterocycles. The topological polar surface area (TPSA) is 141 Å². The highest BCUT2D eigenvalue weighted by atomic mass is 19.3. The van der Waals surface area contributed by atoms with E-state index < -0.39 is 12.2 Å². The molecule has 6 aromatic rings. The van der Waals surface area contributed by atoms with Crippen LogP contribution in [0.4, 0.5) is 20.3 Å². The number of aldehydes is 1. The van der Waals surface area contributed by atoms with Crippen LogP contribution in [0.1, 0.15) is 51.3 Å². The Morgan fingerprint density at radius 1 is 1.06 bits per heavy atom. The number of halogens is 2. The number of β-amino-alcohol motifs (C(OH)–C–C–N with tert-alkyl or cyclic N) is 1. The predicted molar refractivity (Wildman–Crippen MR) is 176 cm³/mol. The van der Waals surface area contributed by atoms with Gasteiger partial charge in [-0.15, -0.1) is 0 Å². The van der Waals surface area contributed by atoms with Gasteiger partial charge in [0.15, 0.2) is 17.2 Å². The Kier molecular flexibility index (Phi) is 8.08. The molecule has 0 radical (unpaired) electrons. The van der Waals surface area contributed by atoms with Crippen LogP contribution in [0.15, 0.2) is 65.2 Å². The molecule has 7 rings (SSSR count). The van der Waals surface area contributed by atoms with Crippen LogP contribution in [0.25, 0.3) is 44.7 Å². The molecule has 1 unspecified atom stereocenters. The maximum absolute atomic E-state index is 14.0. The summed E-state index contributed by atoms with van der Waals surface area (Å²) >= 11 is 0. The van der Waals surface area contributed by atoms with E-state index in [0.717, 1.165) is 34.4 Å². The number of rotatable bonds is 8. The summed E-state index contributed by atoms with van der Waals surface area (Å²) in [6, 6.07) is 18.3. The minimum absolute atomic E-state index is 0.165. The SMILES string of the molecule is Cc1c(Nc2nc(C(F)F)nc3cc(CN4CCC(O)C4)cnc23)cccc1-c1cccc(-c2nc3cc(C=O)cc(C#N)c3o2)c1C. The van der Waals surface area contributed by atoms with Crippen molar-refractivity contribution in [3.63, 3.8) is 0 Å². The number of carbonyl (C=O) groups is 1. The number of nitrogens with one attached hydrogen (secondary N) is 1. The van der Waals surface area contributed by atoms with Crippen LogP contribution < -0.4 is 5.32 Å². The van der Waals surface area contributed by atoms with Crippen LogP contribution >= 0.6 is 0 Å². The van der Waals surface area contributed by atoms with Gasteiger partial charge < -0.3 is 14.8 Å². The van der Waals surface area contributed by atoms with Gasteiger partial charge in [-0.05, 0) is 78.4 Å². The summed E-state index contributed by atoms with van der Waals surface area (Å²) in [6.07, 6.45) is -0.208. The van der Waals surface area contributed by atoms with Crippen LogP contribution in [0.3, 0.4) is 0 Å². The second-order valence-corrected chi connectivity index (χ2v) is 11.9. The van der Waals surface area contributed by atoms with Gasteiger partial charge in [0.25, 0.3) is 6.43 Å². The number of aliphatic hydroxyl groups excluding tert-OH is 1. The van der Waals surface area contributed by atoms with Gasteiger partial charge >= 0.3 is 0 Å². The molecule has 2 N–H and O–H groups in total. The van der Waals surface area contributed by atoms with Crippen LogP contribution in [0.2, 0.25) is 0 Å². The number of anilines is 2. The molecule has 1 aliphatic rings. The molecule has 48 heavy (non-hydrogen) atoms. The van der Waals surface area contributed by atoms with Gasteiger partial charge in [0.05, 0.1) is 17.2 Å². The lowest BCUT2D eigenvalue weighted by molar-refractivity contribution is 0.112. The standard InChI is InChI=1S/C36H29F2N7O3/c1-19-25(5-3-7-27(19)36-43-30-12-21(18-46)11-23(14-39)32(30)48-36)26-6-4-8-28(20(26)2)41-34-31-29(42-35(44-34)33(37)38)13-22(15-40-31)16-45-10-9-24(47)17-45/h3-8,11-13,15,18,24,33,47H,9-10,16-17H2,1-2H3,(H,41,42,44). The van der Waals surface area contributed by atoms with Crippen LogP contribution in [0, 0.1) is 25.2 Å². The maximum atomic E-state index is 14.0. The second-order valence-electron chi connectivity index (χ2n) is 11.9. The smallest absolute Gasteiger partial charge is 0.297 e. The van der Waals surface area contributed by atoms with Gasteiger partial charge in [-0.3, -0.25) is 14.7 Å². The van der Waals surface area contributed by atoms with Gasteiger partial charge in [0.2, 0.25) is 5.89 Å². The second kappa shape index (κ2) is 12.5. The van der Waals surface area contributed by atoms with E-state index in [9.17, 15) is 23.9 Å². The Bertz CT molecular complexity index is 2260. The minimum atomic E-state index is -2.88. The van der Waals surface area contributed by atoms with Crippen LogP contribution in [0.5, 0.6) is 0 Å². The highest BCUT2D eigenvalue weighted by Crippen LogP contribution is 2.38. The van der Waals surface area contributed by atoms with E-state index in [-0.39, 0.29) is 17.5 Å². The molecule has 4 heterocycles. The number of oxazole rings is 1. The molecule has 0 saturated carbocycles. The van der Waals surface area contributed by atoms with E-state index in [1.54, 1.807) is 18.3 Å². The molecule has 240 valence electrons. The number of aliphatic hydroxyl groups is 1. The number of hydrogen-bond donors (Lipinski definition) is 2. The lowest BCUT2D eigenvalue weighted by atomic mass is 9.93. The van der Waals surface area contributed by atoms with Gasteiger partial charge in [-0.25, -0.2) is 23.7 Å². The fourth-order valence-corrected chi connectivity index (χ4v) is 6.23. The van der Waals surface area contributed by atoms with E-state index in [1.165, 1.54) is 6.07 Å². The maximum Gasteiger partial charge on any atom is 0.297 e. The zero-order valence-electron chi connectivity index (χ0n) is 26.0. The predicted octanol–water partition coefficient (Wildman–Crippen LogP) is 7.05. The van der Waals surface area contributed by atoms with E-state index in [1.807, 2.05) is 50.2 Å². The Labute approximate surface area is 273 Å². The number of fused-ring (bicyclic) bond motifs is 2.